The molecule has 0 saturated carbocycles. The van der Waals surface area contributed by atoms with E-state index in [-0.39, 0.29) is 31.1 Å². The topological polar surface area (TPSA) is 78.9 Å². The first-order chi connectivity index (χ1) is 41.0. The Bertz CT molecular complexity index is 1340. The molecule has 1 atom stereocenters. The number of rotatable bonds is 71. The van der Waals surface area contributed by atoms with Gasteiger partial charge in [-0.05, 0) is 70.6 Å². The molecule has 0 radical (unpaired) electrons. The van der Waals surface area contributed by atoms with E-state index in [1.165, 1.54) is 327 Å². The third kappa shape index (κ3) is 70.5. The Morgan fingerprint density at radius 1 is 0.229 bits per heavy atom. The standard InChI is InChI=1S/C77H146O6/c1-4-7-10-13-16-19-22-25-27-29-31-33-35-37-38-40-41-43-45-47-49-52-55-58-61-64-67-70-76(79)82-73-74(72-81-75(78)69-66-63-60-57-54-51-24-21-18-15-12-9-6-3)83-77(80)71-68-65-62-59-56-53-50-48-46-44-42-39-36-34-32-30-28-26-23-20-17-14-11-8-5-2/h21,24,30,32,74H,4-20,22-23,25-29,31,33-73H2,1-3H3/b24-21-,32-30-. The maximum Gasteiger partial charge on any atom is 0.306 e. The van der Waals surface area contributed by atoms with Gasteiger partial charge in [-0.3, -0.25) is 14.4 Å². The van der Waals surface area contributed by atoms with E-state index in [0.29, 0.717) is 19.3 Å². The SMILES string of the molecule is CCCCCC/C=C\CCCCCCCC(=O)OCC(COC(=O)CCCCCCCCCCCCCCCCCCCCCCCCCCCCC)OC(=O)CCCCCCCCCCCCCCC/C=C\CCCCCCCCCC. The van der Waals surface area contributed by atoms with Gasteiger partial charge in [0, 0.05) is 19.3 Å². The van der Waals surface area contributed by atoms with Gasteiger partial charge in [-0.2, -0.15) is 0 Å². The van der Waals surface area contributed by atoms with Crippen LogP contribution in [0.4, 0.5) is 0 Å². The average Bonchev–Trinajstić information content (AvgIpc) is 3.49. The molecule has 490 valence electrons. The summed E-state index contributed by atoms with van der Waals surface area (Å²) in [6.45, 7) is 6.71. The molecule has 0 N–H and O–H groups in total. The number of esters is 3. The van der Waals surface area contributed by atoms with E-state index >= 15 is 0 Å². The molecule has 0 aliphatic heterocycles. The highest BCUT2D eigenvalue weighted by Crippen LogP contribution is 2.19. The smallest absolute Gasteiger partial charge is 0.306 e. The number of allylic oxidation sites excluding steroid dienone is 4. The number of hydrogen-bond donors (Lipinski definition) is 0. The highest BCUT2D eigenvalue weighted by molar-refractivity contribution is 5.71. The second-order valence-corrected chi connectivity index (χ2v) is 25.9. The minimum absolute atomic E-state index is 0.0678. The molecule has 0 spiro atoms. The Labute approximate surface area is 519 Å². The van der Waals surface area contributed by atoms with Crippen molar-refractivity contribution in [3.05, 3.63) is 24.3 Å². The fourth-order valence-electron chi connectivity index (χ4n) is 11.7. The summed E-state index contributed by atoms with van der Waals surface area (Å²) in [6.07, 6.45) is 89.5. The van der Waals surface area contributed by atoms with Gasteiger partial charge in [0.15, 0.2) is 6.10 Å². The predicted octanol–water partition coefficient (Wildman–Crippen LogP) is 26.1. The molecule has 6 heteroatoms. The van der Waals surface area contributed by atoms with Gasteiger partial charge in [-0.25, -0.2) is 0 Å². The van der Waals surface area contributed by atoms with Crippen LogP contribution in [0.15, 0.2) is 24.3 Å². The third-order valence-corrected chi connectivity index (χ3v) is 17.4. The van der Waals surface area contributed by atoms with Gasteiger partial charge >= 0.3 is 17.9 Å². The van der Waals surface area contributed by atoms with Crippen LogP contribution in [0, 0.1) is 0 Å². The quantitative estimate of drug-likeness (QED) is 0.0261. The highest BCUT2D eigenvalue weighted by atomic mass is 16.6. The monoisotopic (exact) mass is 1170 g/mol. The average molecular weight is 1170 g/mol. The Hall–Kier alpha value is -2.11. The minimum Gasteiger partial charge on any atom is -0.462 e. The molecule has 0 rings (SSSR count). The van der Waals surface area contributed by atoms with Crippen molar-refractivity contribution >= 4 is 17.9 Å². The van der Waals surface area contributed by atoms with Crippen LogP contribution >= 0.6 is 0 Å². The number of hydrogen-bond acceptors (Lipinski definition) is 6. The lowest BCUT2D eigenvalue weighted by Crippen LogP contribution is -2.30. The molecular weight excluding hydrogens is 1020 g/mol. The largest absolute Gasteiger partial charge is 0.462 e. The number of ether oxygens (including phenoxy) is 3. The van der Waals surface area contributed by atoms with Crippen LogP contribution in [0.1, 0.15) is 432 Å². The lowest BCUT2D eigenvalue weighted by atomic mass is 10.0. The van der Waals surface area contributed by atoms with Crippen molar-refractivity contribution in [3.63, 3.8) is 0 Å². The molecule has 0 aliphatic carbocycles. The van der Waals surface area contributed by atoms with Crippen molar-refractivity contribution in [1.29, 1.82) is 0 Å². The van der Waals surface area contributed by atoms with Gasteiger partial charge in [0.2, 0.25) is 0 Å². The van der Waals surface area contributed by atoms with E-state index in [1.54, 1.807) is 0 Å². The van der Waals surface area contributed by atoms with Crippen LogP contribution in [-0.2, 0) is 28.6 Å². The van der Waals surface area contributed by atoms with Crippen molar-refractivity contribution < 1.29 is 28.6 Å². The van der Waals surface area contributed by atoms with E-state index in [0.717, 1.165) is 64.2 Å². The molecule has 1 unspecified atom stereocenters. The van der Waals surface area contributed by atoms with Crippen molar-refractivity contribution in [3.8, 4) is 0 Å². The van der Waals surface area contributed by atoms with Crippen LogP contribution in [-0.4, -0.2) is 37.2 Å². The summed E-state index contributed by atoms with van der Waals surface area (Å²) in [4.78, 5) is 38.5. The molecule has 0 fully saturated rings. The Morgan fingerprint density at radius 2 is 0.398 bits per heavy atom. The first-order valence-corrected chi connectivity index (χ1v) is 37.8. The molecule has 6 nitrogen and oxygen atoms in total. The summed E-state index contributed by atoms with van der Waals surface area (Å²) < 4.78 is 17.0. The highest BCUT2D eigenvalue weighted by Gasteiger charge is 2.20. The summed E-state index contributed by atoms with van der Waals surface area (Å²) in [5.74, 6) is -0.843. The number of unbranched alkanes of at least 4 members (excludes halogenated alkanes) is 56. The summed E-state index contributed by atoms with van der Waals surface area (Å²) in [5.41, 5.74) is 0. The summed E-state index contributed by atoms with van der Waals surface area (Å²) in [7, 11) is 0. The molecular formula is C77H146O6. The van der Waals surface area contributed by atoms with Gasteiger partial charge in [0.1, 0.15) is 13.2 Å². The van der Waals surface area contributed by atoms with E-state index in [9.17, 15) is 14.4 Å². The summed E-state index contributed by atoms with van der Waals surface area (Å²) >= 11 is 0. The molecule has 0 heterocycles. The van der Waals surface area contributed by atoms with Crippen LogP contribution in [0.3, 0.4) is 0 Å². The van der Waals surface area contributed by atoms with Crippen molar-refractivity contribution in [1.82, 2.24) is 0 Å². The fourth-order valence-corrected chi connectivity index (χ4v) is 11.7. The molecule has 0 amide bonds. The van der Waals surface area contributed by atoms with Gasteiger partial charge in [-0.1, -0.05) is 366 Å². The molecule has 0 aromatic heterocycles. The van der Waals surface area contributed by atoms with E-state index in [4.69, 9.17) is 14.2 Å². The second kappa shape index (κ2) is 72.4. The lowest BCUT2D eigenvalue weighted by molar-refractivity contribution is -0.167. The Kier molecular flexibility index (Phi) is 70.5. The lowest BCUT2D eigenvalue weighted by Gasteiger charge is -2.18. The first-order valence-electron chi connectivity index (χ1n) is 37.8. The van der Waals surface area contributed by atoms with Gasteiger partial charge in [0.25, 0.3) is 0 Å². The Morgan fingerprint density at radius 3 is 0.614 bits per heavy atom. The van der Waals surface area contributed by atoms with Gasteiger partial charge in [-0.15, -0.1) is 0 Å². The number of carbonyl (C=O) groups excluding carboxylic acids is 3. The minimum atomic E-state index is -0.773. The van der Waals surface area contributed by atoms with Gasteiger partial charge in [0.05, 0.1) is 0 Å². The Balaban J connectivity index is 4.18. The van der Waals surface area contributed by atoms with Crippen molar-refractivity contribution in [2.24, 2.45) is 0 Å². The summed E-state index contributed by atoms with van der Waals surface area (Å²) in [5, 5.41) is 0. The zero-order valence-corrected chi connectivity index (χ0v) is 56.5. The predicted molar refractivity (Wildman–Crippen MR) is 363 cm³/mol. The maximum atomic E-state index is 13.0. The molecule has 83 heavy (non-hydrogen) atoms. The fraction of sp³-hybridized carbons (Fsp3) is 0.909. The van der Waals surface area contributed by atoms with Crippen molar-refractivity contribution in [2.45, 2.75) is 438 Å². The summed E-state index contributed by atoms with van der Waals surface area (Å²) in [6, 6.07) is 0. The van der Waals surface area contributed by atoms with E-state index in [1.807, 2.05) is 0 Å². The van der Waals surface area contributed by atoms with E-state index < -0.39 is 6.10 Å². The zero-order chi connectivity index (χ0) is 59.9. The normalized spacial score (nSPS) is 12.1. The van der Waals surface area contributed by atoms with Crippen LogP contribution in [0.5, 0.6) is 0 Å². The number of carbonyl (C=O) groups is 3. The zero-order valence-electron chi connectivity index (χ0n) is 56.5. The molecule has 0 aliphatic rings. The second-order valence-electron chi connectivity index (χ2n) is 25.9. The van der Waals surface area contributed by atoms with Crippen molar-refractivity contribution in [2.75, 3.05) is 13.2 Å². The van der Waals surface area contributed by atoms with Crippen LogP contribution in [0.25, 0.3) is 0 Å². The van der Waals surface area contributed by atoms with Crippen LogP contribution in [0.2, 0.25) is 0 Å². The molecule has 0 bridgehead atoms. The molecule has 0 aromatic rings. The molecule has 0 saturated heterocycles. The van der Waals surface area contributed by atoms with Crippen LogP contribution < -0.4 is 0 Å². The molecule has 0 aromatic carbocycles. The first kappa shape index (κ1) is 80.9. The third-order valence-electron chi connectivity index (χ3n) is 17.4. The van der Waals surface area contributed by atoms with E-state index in [2.05, 4.69) is 45.1 Å². The maximum absolute atomic E-state index is 13.0. The van der Waals surface area contributed by atoms with Gasteiger partial charge < -0.3 is 14.2 Å².